The third-order valence-electron chi connectivity index (χ3n) is 2.35. The Morgan fingerprint density at radius 3 is 2.92 bits per heavy atom. The molecule has 0 radical (unpaired) electrons. The fraction of sp³-hybridized carbons (Fsp3) is 0.700. The number of hydrogen-bond donors (Lipinski definition) is 1. The van der Waals surface area contributed by atoms with Crippen molar-refractivity contribution in [3.8, 4) is 0 Å². The predicted octanol–water partition coefficient (Wildman–Crippen LogP) is 2.97. The number of nitrogens with zero attached hydrogens (tertiary/aromatic N) is 1. The predicted molar refractivity (Wildman–Crippen MR) is 50.6 cm³/mol. The lowest BCUT2D eigenvalue weighted by Crippen LogP contribution is -2.13. The maximum Gasteiger partial charge on any atom is 0.0798 e. The molecular weight excluding hydrogens is 150 g/mol. The molecule has 0 saturated carbocycles. The first-order valence-electron chi connectivity index (χ1n) is 4.64. The van der Waals surface area contributed by atoms with Crippen molar-refractivity contribution in [3.63, 3.8) is 0 Å². The highest BCUT2D eigenvalue weighted by atomic mass is 16.4. The Balaban J connectivity index is 2.59. The first-order chi connectivity index (χ1) is 5.76. The molecule has 0 saturated heterocycles. The molecular formula is C10H17NO. The number of allylic oxidation sites excluding steroid dienone is 2. The van der Waals surface area contributed by atoms with Gasteiger partial charge in [-0.15, -0.1) is 0 Å². The minimum Gasteiger partial charge on any atom is -0.411 e. The van der Waals surface area contributed by atoms with Gasteiger partial charge in [-0.25, -0.2) is 0 Å². The van der Waals surface area contributed by atoms with Crippen LogP contribution in [0, 0.1) is 5.92 Å². The van der Waals surface area contributed by atoms with Gasteiger partial charge in [0.2, 0.25) is 0 Å². The largest absolute Gasteiger partial charge is 0.411 e. The lowest BCUT2D eigenvalue weighted by molar-refractivity contribution is 0.315. The Morgan fingerprint density at radius 1 is 1.58 bits per heavy atom. The van der Waals surface area contributed by atoms with Crippen LogP contribution >= 0.6 is 0 Å². The quantitative estimate of drug-likeness (QED) is 0.497. The SMILES string of the molecule is CCCC1CC(C)=C/C(=N/O)C1. The lowest BCUT2D eigenvalue weighted by atomic mass is 9.85. The Hall–Kier alpha value is -0.790. The van der Waals surface area contributed by atoms with Gasteiger partial charge in [-0.2, -0.15) is 0 Å². The van der Waals surface area contributed by atoms with Gasteiger partial charge in [0.05, 0.1) is 5.71 Å². The van der Waals surface area contributed by atoms with Crippen LogP contribution < -0.4 is 0 Å². The van der Waals surface area contributed by atoms with E-state index in [0.29, 0.717) is 5.92 Å². The molecule has 0 bridgehead atoms. The highest BCUT2D eigenvalue weighted by Gasteiger charge is 2.16. The molecule has 1 aliphatic carbocycles. The van der Waals surface area contributed by atoms with Crippen LogP contribution in [0.25, 0.3) is 0 Å². The molecule has 0 fully saturated rings. The fourth-order valence-electron chi connectivity index (χ4n) is 1.91. The van der Waals surface area contributed by atoms with E-state index in [1.165, 1.54) is 24.8 Å². The van der Waals surface area contributed by atoms with Crippen molar-refractivity contribution in [1.82, 2.24) is 0 Å². The summed E-state index contributed by atoms with van der Waals surface area (Å²) in [4.78, 5) is 0. The van der Waals surface area contributed by atoms with Crippen molar-refractivity contribution in [1.29, 1.82) is 0 Å². The maximum atomic E-state index is 8.64. The number of hydrogen-bond acceptors (Lipinski definition) is 2. The van der Waals surface area contributed by atoms with Gasteiger partial charge in [0.1, 0.15) is 0 Å². The highest BCUT2D eigenvalue weighted by Crippen LogP contribution is 2.25. The highest BCUT2D eigenvalue weighted by molar-refractivity contribution is 5.95. The molecule has 2 nitrogen and oxygen atoms in total. The maximum absolute atomic E-state index is 8.64. The van der Waals surface area contributed by atoms with E-state index in [1.807, 2.05) is 6.08 Å². The van der Waals surface area contributed by atoms with Crippen LogP contribution in [0.1, 0.15) is 39.5 Å². The molecule has 1 aliphatic rings. The molecule has 68 valence electrons. The van der Waals surface area contributed by atoms with Crippen molar-refractivity contribution >= 4 is 5.71 Å². The van der Waals surface area contributed by atoms with Crippen molar-refractivity contribution in [2.45, 2.75) is 39.5 Å². The van der Waals surface area contributed by atoms with E-state index in [4.69, 9.17) is 5.21 Å². The van der Waals surface area contributed by atoms with E-state index in [0.717, 1.165) is 12.1 Å². The summed E-state index contributed by atoms with van der Waals surface area (Å²) in [6.45, 7) is 4.30. The van der Waals surface area contributed by atoms with E-state index >= 15 is 0 Å². The van der Waals surface area contributed by atoms with Gasteiger partial charge in [0.15, 0.2) is 0 Å². The molecule has 0 aliphatic heterocycles. The van der Waals surface area contributed by atoms with E-state index < -0.39 is 0 Å². The molecule has 0 aromatic rings. The third kappa shape index (κ3) is 2.36. The van der Waals surface area contributed by atoms with Crippen molar-refractivity contribution in [2.75, 3.05) is 0 Å². The summed E-state index contributed by atoms with van der Waals surface area (Å²) in [6.07, 6.45) is 6.57. The second-order valence-electron chi connectivity index (χ2n) is 3.64. The van der Waals surface area contributed by atoms with Crippen LogP contribution in [0.3, 0.4) is 0 Å². The second-order valence-corrected chi connectivity index (χ2v) is 3.64. The van der Waals surface area contributed by atoms with Crippen molar-refractivity contribution < 1.29 is 5.21 Å². The van der Waals surface area contributed by atoms with Gasteiger partial charge in [-0.05, 0) is 31.8 Å². The molecule has 0 spiro atoms. The summed E-state index contributed by atoms with van der Waals surface area (Å²) in [5.74, 6) is 0.700. The van der Waals surface area contributed by atoms with Gasteiger partial charge < -0.3 is 5.21 Å². The smallest absolute Gasteiger partial charge is 0.0798 e. The second kappa shape index (κ2) is 4.29. The summed E-state index contributed by atoms with van der Waals surface area (Å²) in [7, 11) is 0. The van der Waals surface area contributed by atoms with Gasteiger partial charge in [-0.1, -0.05) is 30.5 Å². The van der Waals surface area contributed by atoms with Gasteiger partial charge >= 0.3 is 0 Å². The number of oxime groups is 1. The van der Waals surface area contributed by atoms with Crippen molar-refractivity contribution in [2.24, 2.45) is 11.1 Å². The zero-order valence-electron chi connectivity index (χ0n) is 7.88. The number of rotatable bonds is 2. The lowest BCUT2D eigenvalue weighted by Gasteiger charge is -2.20. The van der Waals surface area contributed by atoms with Crippen molar-refractivity contribution in [3.05, 3.63) is 11.6 Å². The third-order valence-corrected chi connectivity index (χ3v) is 2.35. The minimum atomic E-state index is 0.700. The van der Waals surface area contributed by atoms with E-state index in [9.17, 15) is 0 Å². The Morgan fingerprint density at radius 2 is 2.33 bits per heavy atom. The Labute approximate surface area is 74.0 Å². The molecule has 1 N–H and O–H groups in total. The minimum absolute atomic E-state index is 0.700. The topological polar surface area (TPSA) is 32.6 Å². The Kier molecular flexibility index (Phi) is 3.32. The summed E-state index contributed by atoms with van der Waals surface area (Å²) >= 11 is 0. The van der Waals surface area contributed by atoms with Crippen LogP contribution in [0.2, 0.25) is 0 Å². The Bertz CT molecular complexity index is 206. The zero-order valence-corrected chi connectivity index (χ0v) is 7.88. The van der Waals surface area contributed by atoms with Crippen LogP contribution in [0.5, 0.6) is 0 Å². The molecule has 0 amide bonds. The first-order valence-corrected chi connectivity index (χ1v) is 4.64. The fourth-order valence-corrected chi connectivity index (χ4v) is 1.91. The molecule has 1 atom stereocenters. The molecule has 2 heteroatoms. The van der Waals surface area contributed by atoms with Crippen LogP contribution in [0.15, 0.2) is 16.8 Å². The normalized spacial score (nSPS) is 27.3. The van der Waals surface area contributed by atoms with E-state index in [2.05, 4.69) is 19.0 Å². The standard InChI is InChI=1S/C10H17NO/c1-3-4-9-5-8(2)6-10(7-9)11-12/h6,9,12H,3-5,7H2,1-2H3/b11-10-. The molecule has 12 heavy (non-hydrogen) atoms. The van der Waals surface area contributed by atoms with Gasteiger partial charge in [-0.3, -0.25) is 0 Å². The van der Waals surface area contributed by atoms with E-state index in [1.54, 1.807) is 0 Å². The summed E-state index contributed by atoms with van der Waals surface area (Å²) in [5.41, 5.74) is 2.18. The molecule has 1 unspecified atom stereocenters. The summed E-state index contributed by atoms with van der Waals surface area (Å²) < 4.78 is 0. The monoisotopic (exact) mass is 167 g/mol. The van der Waals surface area contributed by atoms with Gasteiger partial charge in [0.25, 0.3) is 0 Å². The van der Waals surface area contributed by atoms with Gasteiger partial charge in [0, 0.05) is 0 Å². The van der Waals surface area contributed by atoms with E-state index in [-0.39, 0.29) is 0 Å². The summed E-state index contributed by atoms with van der Waals surface area (Å²) in [6, 6.07) is 0. The summed E-state index contributed by atoms with van der Waals surface area (Å²) in [5, 5.41) is 11.9. The average molecular weight is 167 g/mol. The van der Waals surface area contributed by atoms with Crippen LogP contribution in [0.4, 0.5) is 0 Å². The zero-order chi connectivity index (χ0) is 8.97. The molecule has 0 aromatic carbocycles. The first kappa shape index (κ1) is 9.30. The van der Waals surface area contributed by atoms with Crippen LogP contribution in [-0.4, -0.2) is 10.9 Å². The van der Waals surface area contributed by atoms with Crippen LogP contribution in [-0.2, 0) is 0 Å². The molecule has 1 rings (SSSR count). The average Bonchev–Trinajstić information content (AvgIpc) is 2.04. The molecule has 0 aromatic heterocycles. The molecule has 0 heterocycles.